The molecule has 2 aromatic carbocycles. The zero-order valence-electron chi connectivity index (χ0n) is 11.2. The number of hydrogen-bond donors (Lipinski definition) is 1. The molecule has 0 amide bonds. The normalized spacial score (nSPS) is 12.1. The van der Waals surface area contributed by atoms with Gasteiger partial charge in [-0.1, -0.05) is 33.6 Å². The first-order valence-electron chi connectivity index (χ1n) is 5.98. The fourth-order valence-corrected chi connectivity index (χ4v) is 2.73. The summed E-state index contributed by atoms with van der Waals surface area (Å²) in [4.78, 5) is 0. The van der Waals surface area contributed by atoms with Gasteiger partial charge < -0.3 is 15.2 Å². The van der Waals surface area contributed by atoms with E-state index in [1.165, 1.54) is 0 Å². The molecule has 1 unspecified atom stereocenters. The Morgan fingerprint density at radius 1 is 1.05 bits per heavy atom. The molecule has 0 aromatic heterocycles. The van der Waals surface area contributed by atoms with Crippen LogP contribution in [-0.2, 0) is 0 Å². The monoisotopic (exact) mass is 355 g/mol. The summed E-state index contributed by atoms with van der Waals surface area (Å²) in [5.41, 5.74) is 8.04. The average molecular weight is 357 g/mol. The number of hydrogen-bond acceptors (Lipinski definition) is 3. The Bertz CT molecular complexity index is 597. The van der Waals surface area contributed by atoms with E-state index in [9.17, 15) is 0 Å². The van der Waals surface area contributed by atoms with E-state index >= 15 is 0 Å². The van der Waals surface area contributed by atoms with Gasteiger partial charge in [-0.05, 0) is 35.4 Å². The summed E-state index contributed by atoms with van der Waals surface area (Å²) in [7, 11) is 3.22. The van der Waals surface area contributed by atoms with Gasteiger partial charge in [0.1, 0.15) is 11.5 Å². The first-order valence-corrected chi connectivity index (χ1v) is 7.15. The van der Waals surface area contributed by atoms with E-state index < -0.39 is 0 Å². The smallest absolute Gasteiger partial charge is 0.122 e. The van der Waals surface area contributed by atoms with Gasteiger partial charge in [-0.2, -0.15) is 0 Å². The van der Waals surface area contributed by atoms with Crippen molar-refractivity contribution in [3.63, 3.8) is 0 Å². The second-order valence-corrected chi connectivity index (χ2v) is 5.61. The van der Waals surface area contributed by atoms with Gasteiger partial charge in [-0.15, -0.1) is 0 Å². The Kier molecular flexibility index (Phi) is 4.91. The highest BCUT2D eigenvalue weighted by Crippen LogP contribution is 2.32. The molecule has 1 atom stereocenters. The molecule has 0 saturated carbocycles. The molecular formula is C15H15BrClNO2. The van der Waals surface area contributed by atoms with E-state index in [1.807, 2.05) is 30.3 Å². The van der Waals surface area contributed by atoms with E-state index in [0.29, 0.717) is 16.5 Å². The predicted molar refractivity (Wildman–Crippen MR) is 84.7 cm³/mol. The van der Waals surface area contributed by atoms with E-state index in [1.54, 1.807) is 20.3 Å². The first kappa shape index (κ1) is 15.2. The van der Waals surface area contributed by atoms with Crippen molar-refractivity contribution in [2.75, 3.05) is 14.2 Å². The third kappa shape index (κ3) is 3.26. The second-order valence-electron chi connectivity index (χ2n) is 4.29. The Morgan fingerprint density at radius 2 is 1.65 bits per heavy atom. The molecule has 3 nitrogen and oxygen atoms in total. The lowest BCUT2D eigenvalue weighted by molar-refractivity contribution is 0.393. The Balaban J connectivity index is 2.44. The largest absolute Gasteiger partial charge is 0.497 e. The van der Waals surface area contributed by atoms with Crippen molar-refractivity contribution >= 4 is 27.5 Å². The van der Waals surface area contributed by atoms with Crippen LogP contribution >= 0.6 is 27.5 Å². The summed E-state index contributed by atoms with van der Waals surface area (Å²) < 4.78 is 11.4. The fourth-order valence-electron chi connectivity index (χ4n) is 1.94. The van der Waals surface area contributed by atoms with Crippen molar-refractivity contribution < 1.29 is 9.47 Å². The molecule has 106 valence electrons. The number of ether oxygens (including phenoxy) is 2. The maximum Gasteiger partial charge on any atom is 0.122 e. The van der Waals surface area contributed by atoms with Crippen molar-refractivity contribution in [2.45, 2.75) is 6.04 Å². The maximum atomic E-state index is 6.30. The molecule has 0 aliphatic heterocycles. The lowest BCUT2D eigenvalue weighted by Gasteiger charge is -2.16. The number of halogens is 2. The molecule has 20 heavy (non-hydrogen) atoms. The number of nitrogens with two attached hydrogens (primary N) is 1. The lowest BCUT2D eigenvalue weighted by Crippen LogP contribution is -2.12. The van der Waals surface area contributed by atoms with E-state index in [0.717, 1.165) is 15.6 Å². The molecule has 2 aromatic rings. The standard InChI is InChI=1S/C15H15BrClNO2/c1-19-11-5-9(6-12(8-11)20-2)15(18)13-4-3-10(16)7-14(13)17/h3-8,15H,18H2,1-2H3. The van der Waals surface area contributed by atoms with Gasteiger partial charge >= 0.3 is 0 Å². The average Bonchev–Trinajstić information content (AvgIpc) is 2.46. The number of benzene rings is 2. The highest BCUT2D eigenvalue weighted by atomic mass is 79.9. The second kappa shape index (κ2) is 6.48. The molecule has 0 heterocycles. The van der Waals surface area contributed by atoms with E-state index in [-0.39, 0.29) is 6.04 Å². The first-order chi connectivity index (χ1) is 9.55. The van der Waals surface area contributed by atoms with Crippen molar-refractivity contribution in [3.8, 4) is 11.5 Å². The Morgan fingerprint density at radius 3 is 2.15 bits per heavy atom. The summed E-state index contributed by atoms with van der Waals surface area (Å²) in [6, 6.07) is 10.9. The molecular weight excluding hydrogens is 342 g/mol. The molecule has 0 fully saturated rings. The molecule has 2 rings (SSSR count). The van der Waals surface area contributed by atoms with Crippen LogP contribution in [0.5, 0.6) is 11.5 Å². The van der Waals surface area contributed by atoms with Gasteiger partial charge in [0.15, 0.2) is 0 Å². The number of methoxy groups -OCH3 is 2. The molecule has 0 radical (unpaired) electrons. The van der Waals surface area contributed by atoms with Crippen LogP contribution in [0.1, 0.15) is 17.2 Å². The van der Waals surface area contributed by atoms with Gasteiger partial charge in [0, 0.05) is 15.6 Å². The SMILES string of the molecule is COc1cc(OC)cc(C(N)c2ccc(Br)cc2Cl)c1. The topological polar surface area (TPSA) is 44.5 Å². The molecule has 0 bridgehead atoms. The van der Waals surface area contributed by atoms with E-state index in [4.69, 9.17) is 26.8 Å². The van der Waals surface area contributed by atoms with Crippen LogP contribution < -0.4 is 15.2 Å². The van der Waals surface area contributed by atoms with Crippen molar-refractivity contribution in [1.29, 1.82) is 0 Å². The predicted octanol–water partition coefficient (Wildman–Crippen LogP) is 4.17. The lowest BCUT2D eigenvalue weighted by atomic mass is 9.99. The zero-order valence-corrected chi connectivity index (χ0v) is 13.5. The number of rotatable bonds is 4. The van der Waals surface area contributed by atoms with Crippen LogP contribution in [0, 0.1) is 0 Å². The molecule has 2 N–H and O–H groups in total. The third-order valence-corrected chi connectivity index (χ3v) is 3.85. The van der Waals surface area contributed by atoms with Crippen molar-refractivity contribution in [3.05, 3.63) is 57.0 Å². The van der Waals surface area contributed by atoms with Crippen molar-refractivity contribution in [1.82, 2.24) is 0 Å². The van der Waals surface area contributed by atoms with Gasteiger partial charge in [0.2, 0.25) is 0 Å². The minimum atomic E-state index is -0.348. The van der Waals surface area contributed by atoms with Crippen LogP contribution in [0.25, 0.3) is 0 Å². The van der Waals surface area contributed by atoms with E-state index in [2.05, 4.69) is 15.9 Å². The van der Waals surface area contributed by atoms with Gasteiger partial charge in [-0.25, -0.2) is 0 Å². The summed E-state index contributed by atoms with van der Waals surface area (Å²) in [6.07, 6.45) is 0. The van der Waals surface area contributed by atoms with Crippen LogP contribution in [0.2, 0.25) is 5.02 Å². The molecule has 0 aliphatic rings. The fraction of sp³-hybridized carbons (Fsp3) is 0.200. The minimum Gasteiger partial charge on any atom is -0.497 e. The summed E-state index contributed by atoms with van der Waals surface area (Å²) in [6.45, 7) is 0. The molecule has 0 spiro atoms. The minimum absolute atomic E-state index is 0.348. The highest BCUT2D eigenvalue weighted by Gasteiger charge is 2.15. The van der Waals surface area contributed by atoms with Gasteiger partial charge in [-0.3, -0.25) is 0 Å². The summed E-state index contributed by atoms with van der Waals surface area (Å²) >= 11 is 9.63. The van der Waals surface area contributed by atoms with Crippen LogP contribution in [0.15, 0.2) is 40.9 Å². The van der Waals surface area contributed by atoms with Gasteiger partial charge in [0.05, 0.1) is 20.3 Å². The molecule has 0 saturated heterocycles. The summed E-state index contributed by atoms with van der Waals surface area (Å²) in [5.74, 6) is 1.39. The zero-order chi connectivity index (χ0) is 14.7. The molecule has 5 heteroatoms. The Labute approximate surface area is 131 Å². The highest BCUT2D eigenvalue weighted by molar-refractivity contribution is 9.10. The van der Waals surface area contributed by atoms with Crippen molar-refractivity contribution in [2.24, 2.45) is 5.73 Å². The maximum absolute atomic E-state index is 6.30. The van der Waals surface area contributed by atoms with Crippen LogP contribution in [0.4, 0.5) is 0 Å². The van der Waals surface area contributed by atoms with Crippen LogP contribution in [-0.4, -0.2) is 14.2 Å². The third-order valence-electron chi connectivity index (χ3n) is 3.03. The molecule has 0 aliphatic carbocycles. The Hall–Kier alpha value is -1.23. The van der Waals surface area contributed by atoms with Crippen LogP contribution in [0.3, 0.4) is 0 Å². The summed E-state index contributed by atoms with van der Waals surface area (Å²) in [5, 5.41) is 0.619. The quantitative estimate of drug-likeness (QED) is 0.894. The van der Waals surface area contributed by atoms with Gasteiger partial charge in [0.25, 0.3) is 0 Å².